The van der Waals surface area contributed by atoms with Gasteiger partial charge in [-0.25, -0.2) is 0 Å². The first-order chi connectivity index (χ1) is 14.0. The van der Waals surface area contributed by atoms with E-state index in [2.05, 4.69) is 5.32 Å². The summed E-state index contributed by atoms with van der Waals surface area (Å²) in [6.45, 7) is 6.35. The zero-order valence-corrected chi connectivity index (χ0v) is 16.9. The zero-order valence-electron chi connectivity index (χ0n) is 16.9. The first kappa shape index (κ1) is 20.4. The number of ether oxygens (including phenoxy) is 1. The molecule has 4 rings (SSSR count). The maximum atomic E-state index is 13.6. The maximum absolute atomic E-state index is 13.6. The highest BCUT2D eigenvalue weighted by Crippen LogP contribution is 2.47. The maximum Gasteiger partial charge on any atom is 0.416 e. The summed E-state index contributed by atoms with van der Waals surface area (Å²) in [7, 11) is 0. The van der Waals surface area contributed by atoms with Crippen molar-refractivity contribution in [2.24, 2.45) is 5.92 Å². The molecule has 0 aliphatic carbocycles. The van der Waals surface area contributed by atoms with E-state index >= 15 is 0 Å². The number of hydrogen-bond donors (Lipinski definition) is 2. The fraction of sp³-hybridized carbons (Fsp3) is 0.409. The number of halogens is 3. The van der Waals surface area contributed by atoms with Gasteiger partial charge in [0.05, 0.1) is 23.2 Å². The Morgan fingerprint density at radius 2 is 1.93 bits per heavy atom. The van der Waals surface area contributed by atoms with Crippen LogP contribution in [0.15, 0.2) is 36.4 Å². The molecule has 2 aromatic rings. The minimum absolute atomic E-state index is 0.115. The van der Waals surface area contributed by atoms with Gasteiger partial charge in [-0.1, -0.05) is 12.1 Å². The minimum Gasteiger partial charge on any atom is -0.484 e. The van der Waals surface area contributed by atoms with Crippen LogP contribution in [0.25, 0.3) is 11.1 Å². The van der Waals surface area contributed by atoms with Crippen LogP contribution in [0.1, 0.15) is 26.3 Å². The van der Waals surface area contributed by atoms with E-state index in [0.29, 0.717) is 29.9 Å². The molecule has 2 aromatic carbocycles. The van der Waals surface area contributed by atoms with E-state index in [1.165, 1.54) is 0 Å². The Hall–Kier alpha value is -2.90. The molecular formula is C22H23F3N2O3. The molecule has 0 spiro atoms. The largest absolute Gasteiger partial charge is 0.484 e. The normalized spacial score (nSPS) is 20.6. The first-order valence-corrected chi connectivity index (χ1v) is 9.74. The molecular weight excluding hydrogens is 397 g/mol. The lowest BCUT2D eigenvalue weighted by Crippen LogP contribution is -2.50. The topological polar surface area (TPSA) is 61.8 Å². The van der Waals surface area contributed by atoms with Gasteiger partial charge in [0.15, 0.2) is 0 Å². The molecule has 1 atom stereocenters. The molecule has 2 aliphatic rings. The second kappa shape index (κ2) is 6.82. The van der Waals surface area contributed by atoms with Crippen LogP contribution in [0.4, 0.5) is 24.5 Å². The van der Waals surface area contributed by atoms with E-state index < -0.39 is 29.2 Å². The number of rotatable bonds is 3. The molecule has 2 heterocycles. The Morgan fingerprint density at radius 1 is 1.23 bits per heavy atom. The third kappa shape index (κ3) is 3.55. The van der Waals surface area contributed by atoms with Crippen molar-refractivity contribution in [1.82, 2.24) is 0 Å². The summed E-state index contributed by atoms with van der Waals surface area (Å²) >= 11 is 0. The lowest BCUT2D eigenvalue weighted by molar-refractivity contribution is -0.142. The molecule has 0 radical (unpaired) electrons. The monoisotopic (exact) mass is 420 g/mol. The zero-order chi connectivity index (χ0) is 21.8. The van der Waals surface area contributed by atoms with E-state index in [9.17, 15) is 18.0 Å². The average Bonchev–Trinajstić information content (AvgIpc) is 2.59. The SMILES string of the molecule is CC1Nc2c(cc(C(F)(F)F)cc2-c2cccc(N3CC(C(=O)O)C3)c2)OC1(C)C. The van der Waals surface area contributed by atoms with Crippen LogP contribution in [-0.4, -0.2) is 35.8 Å². The number of alkyl halides is 3. The summed E-state index contributed by atoms with van der Waals surface area (Å²) in [5, 5.41) is 12.4. The Morgan fingerprint density at radius 3 is 2.57 bits per heavy atom. The molecule has 30 heavy (non-hydrogen) atoms. The van der Waals surface area contributed by atoms with Crippen LogP contribution < -0.4 is 15.0 Å². The van der Waals surface area contributed by atoms with E-state index in [4.69, 9.17) is 9.84 Å². The molecule has 1 fully saturated rings. The quantitative estimate of drug-likeness (QED) is 0.742. The first-order valence-electron chi connectivity index (χ1n) is 9.74. The summed E-state index contributed by atoms with van der Waals surface area (Å²) in [5.74, 6) is -1.09. The Bertz CT molecular complexity index is 998. The Balaban J connectivity index is 1.77. The molecule has 0 saturated carbocycles. The number of anilines is 2. The van der Waals surface area contributed by atoms with Crippen LogP contribution >= 0.6 is 0 Å². The second-order valence-corrected chi connectivity index (χ2v) is 8.46. The smallest absolute Gasteiger partial charge is 0.416 e. The number of carboxylic acid groups (broad SMARTS) is 1. The van der Waals surface area contributed by atoms with Crippen molar-refractivity contribution in [1.29, 1.82) is 0 Å². The molecule has 1 saturated heterocycles. The van der Waals surface area contributed by atoms with Crippen LogP contribution in [0.3, 0.4) is 0 Å². The van der Waals surface area contributed by atoms with Crippen molar-refractivity contribution < 1.29 is 27.8 Å². The molecule has 8 heteroatoms. The van der Waals surface area contributed by atoms with Crippen molar-refractivity contribution >= 4 is 17.3 Å². The van der Waals surface area contributed by atoms with Crippen LogP contribution in [0.5, 0.6) is 5.75 Å². The Kier molecular flexibility index (Phi) is 4.63. The second-order valence-electron chi connectivity index (χ2n) is 8.46. The molecule has 2 aliphatic heterocycles. The van der Waals surface area contributed by atoms with Crippen molar-refractivity contribution in [3.05, 3.63) is 42.0 Å². The van der Waals surface area contributed by atoms with E-state index in [0.717, 1.165) is 17.8 Å². The fourth-order valence-electron chi connectivity index (χ4n) is 3.71. The predicted octanol–water partition coefficient (Wildman–Crippen LogP) is 4.86. The van der Waals surface area contributed by atoms with Gasteiger partial charge in [-0.05, 0) is 50.6 Å². The van der Waals surface area contributed by atoms with E-state index in [1.807, 2.05) is 31.7 Å². The fourth-order valence-corrected chi connectivity index (χ4v) is 3.71. The molecule has 0 amide bonds. The van der Waals surface area contributed by atoms with Crippen molar-refractivity contribution in [3.63, 3.8) is 0 Å². The summed E-state index contributed by atoms with van der Waals surface area (Å²) < 4.78 is 46.7. The summed E-state index contributed by atoms with van der Waals surface area (Å²) in [5.41, 5.74) is 0.875. The van der Waals surface area contributed by atoms with Gasteiger partial charge >= 0.3 is 12.1 Å². The van der Waals surface area contributed by atoms with Gasteiger partial charge in [-0.3, -0.25) is 4.79 Å². The third-order valence-electron chi connectivity index (χ3n) is 5.96. The number of benzene rings is 2. The van der Waals surface area contributed by atoms with Gasteiger partial charge in [0.2, 0.25) is 0 Å². The average molecular weight is 420 g/mol. The van der Waals surface area contributed by atoms with Crippen molar-refractivity contribution in [2.45, 2.75) is 38.6 Å². The molecule has 2 N–H and O–H groups in total. The summed E-state index contributed by atoms with van der Waals surface area (Å²) in [6.07, 6.45) is -4.51. The van der Waals surface area contributed by atoms with Crippen molar-refractivity contribution in [3.8, 4) is 16.9 Å². The van der Waals surface area contributed by atoms with Crippen LogP contribution in [0.2, 0.25) is 0 Å². The van der Waals surface area contributed by atoms with E-state index in [-0.39, 0.29) is 11.8 Å². The van der Waals surface area contributed by atoms with Gasteiger partial charge in [0, 0.05) is 24.3 Å². The number of nitrogens with zero attached hydrogens (tertiary/aromatic N) is 1. The molecule has 160 valence electrons. The molecule has 0 bridgehead atoms. The van der Waals surface area contributed by atoms with Crippen molar-refractivity contribution in [2.75, 3.05) is 23.3 Å². The van der Waals surface area contributed by atoms with E-state index in [1.54, 1.807) is 18.2 Å². The van der Waals surface area contributed by atoms with Crippen LogP contribution in [0, 0.1) is 5.92 Å². The van der Waals surface area contributed by atoms with Gasteiger partial charge in [-0.15, -0.1) is 0 Å². The molecule has 5 nitrogen and oxygen atoms in total. The Labute approximate surface area is 172 Å². The number of carboxylic acids is 1. The highest BCUT2D eigenvalue weighted by Gasteiger charge is 2.39. The van der Waals surface area contributed by atoms with Gasteiger partial charge in [-0.2, -0.15) is 13.2 Å². The number of hydrogen-bond acceptors (Lipinski definition) is 4. The number of carbonyl (C=O) groups is 1. The highest BCUT2D eigenvalue weighted by molar-refractivity contribution is 5.86. The third-order valence-corrected chi connectivity index (χ3v) is 5.96. The minimum atomic E-state index is -4.51. The summed E-state index contributed by atoms with van der Waals surface area (Å²) in [6, 6.07) is 9.20. The lowest BCUT2D eigenvalue weighted by Gasteiger charge is -2.40. The van der Waals surface area contributed by atoms with Crippen LogP contribution in [-0.2, 0) is 11.0 Å². The summed E-state index contributed by atoms with van der Waals surface area (Å²) in [4.78, 5) is 13.0. The standard InChI is InChI=1S/C22H23F3N2O3/c1-12-21(2,3)30-18-9-15(22(23,24)25)8-17(19(18)26-12)13-5-4-6-16(7-13)27-10-14(11-27)20(28)29/h4-9,12,14,26H,10-11H2,1-3H3,(H,28,29). The molecule has 0 aromatic heterocycles. The number of nitrogens with one attached hydrogen (secondary N) is 1. The van der Waals surface area contributed by atoms with Gasteiger partial charge < -0.3 is 20.1 Å². The lowest BCUT2D eigenvalue weighted by atomic mass is 9.92. The predicted molar refractivity (Wildman–Crippen MR) is 108 cm³/mol. The van der Waals surface area contributed by atoms with Gasteiger partial charge in [0.25, 0.3) is 0 Å². The van der Waals surface area contributed by atoms with Gasteiger partial charge in [0.1, 0.15) is 11.4 Å². The number of aliphatic carboxylic acids is 1. The number of fused-ring (bicyclic) bond motifs is 1. The molecule has 1 unspecified atom stereocenters. The highest BCUT2D eigenvalue weighted by atomic mass is 19.4.